The minimum Gasteiger partial charge on any atom is -0.339 e. The van der Waals surface area contributed by atoms with E-state index in [1.807, 2.05) is 11.0 Å². The first-order valence-electron chi connectivity index (χ1n) is 9.67. The zero-order chi connectivity index (χ0) is 19.7. The van der Waals surface area contributed by atoms with Gasteiger partial charge in [-0.3, -0.25) is 14.2 Å². The van der Waals surface area contributed by atoms with Crippen LogP contribution in [0.1, 0.15) is 40.5 Å². The number of hydrogen-bond donors (Lipinski definition) is 0. The standard InChI is InChI=1S/C23H23FN2O2/c1-16(27)26-15-21(20-8-7-19(24)14-22(20)26)23(28)25-11-9-18(10-12-25)13-17-5-3-2-4-6-17/h2-8,14-15,18H,9-13H2,1H3. The second-order valence-corrected chi connectivity index (χ2v) is 7.52. The number of hydrogen-bond acceptors (Lipinski definition) is 2. The Labute approximate surface area is 163 Å². The molecule has 0 unspecified atom stereocenters. The van der Waals surface area contributed by atoms with E-state index in [-0.39, 0.29) is 11.8 Å². The number of nitrogens with zero attached hydrogens (tertiary/aromatic N) is 2. The van der Waals surface area contributed by atoms with E-state index in [4.69, 9.17) is 0 Å². The molecule has 0 saturated carbocycles. The lowest BCUT2D eigenvalue weighted by Crippen LogP contribution is -2.38. The molecule has 4 nitrogen and oxygen atoms in total. The zero-order valence-electron chi connectivity index (χ0n) is 15.9. The van der Waals surface area contributed by atoms with E-state index in [0.29, 0.717) is 35.5 Å². The lowest BCUT2D eigenvalue weighted by Gasteiger charge is -2.32. The molecular weight excluding hydrogens is 355 g/mol. The summed E-state index contributed by atoms with van der Waals surface area (Å²) in [5, 5.41) is 0.619. The molecule has 2 heterocycles. The van der Waals surface area contributed by atoms with Crippen LogP contribution in [-0.4, -0.2) is 34.4 Å². The smallest absolute Gasteiger partial charge is 0.256 e. The van der Waals surface area contributed by atoms with Crippen molar-refractivity contribution in [2.24, 2.45) is 5.92 Å². The molecule has 1 aliphatic heterocycles. The number of aromatic nitrogens is 1. The summed E-state index contributed by atoms with van der Waals surface area (Å²) in [4.78, 5) is 26.9. The van der Waals surface area contributed by atoms with Crippen LogP contribution in [0.2, 0.25) is 0 Å². The molecule has 1 aliphatic rings. The van der Waals surface area contributed by atoms with E-state index in [1.165, 1.54) is 29.2 Å². The second-order valence-electron chi connectivity index (χ2n) is 7.52. The number of piperidine rings is 1. The summed E-state index contributed by atoms with van der Waals surface area (Å²) in [6.07, 6.45) is 4.50. The van der Waals surface area contributed by atoms with E-state index >= 15 is 0 Å². The Bertz CT molecular complexity index is 1020. The van der Waals surface area contributed by atoms with Crippen LogP contribution in [0.4, 0.5) is 4.39 Å². The van der Waals surface area contributed by atoms with Crippen LogP contribution < -0.4 is 0 Å². The quantitative estimate of drug-likeness (QED) is 0.672. The largest absolute Gasteiger partial charge is 0.339 e. The van der Waals surface area contributed by atoms with Crippen LogP contribution in [0.5, 0.6) is 0 Å². The Morgan fingerprint density at radius 3 is 2.46 bits per heavy atom. The molecule has 1 aromatic heterocycles. The molecule has 1 amide bonds. The average molecular weight is 378 g/mol. The van der Waals surface area contributed by atoms with Crippen LogP contribution in [0.25, 0.3) is 10.9 Å². The molecular formula is C23H23FN2O2. The van der Waals surface area contributed by atoms with Gasteiger partial charge in [0.2, 0.25) is 5.91 Å². The molecule has 0 radical (unpaired) electrons. The number of amides is 1. The molecule has 0 aliphatic carbocycles. The van der Waals surface area contributed by atoms with Gasteiger partial charge in [-0.15, -0.1) is 0 Å². The topological polar surface area (TPSA) is 42.3 Å². The fourth-order valence-corrected chi connectivity index (χ4v) is 4.09. The summed E-state index contributed by atoms with van der Waals surface area (Å²) in [5.41, 5.74) is 2.24. The monoisotopic (exact) mass is 378 g/mol. The summed E-state index contributed by atoms with van der Waals surface area (Å²) in [6.45, 7) is 2.81. The molecule has 1 fully saturated rings. The van der Waals surface area contributed by atoms with Crippen LogP contribution >= 0.6 is 0 Å². The minimum atomic E-state index is -0.422. The Morgan fingerprint density at radius 2 is 1.79 bits per heavy atom. The number of carbonyl (C=O) groups excluding carboxylic acids is 2. The van der Waals surface area contributed by atoms with Crippen molar-refractivity contribution in [3.63, 3.8) is 0 Å². The van der Waals surface area contributed by atoms with Crippen molar-refractivity contribution in [2.45, 2.75) is 26.2 Å². The van der Waals surface area contributed by atoms with Gasteiger partial charge in [0.15, 0.2) is 0 Å². The molecule has 28 heavy (non-hydrogen) atoms. The van der Waals surface area contributed by atoms with Gasteiger partial charge in [0.1, 0.15) is 5.82 Å². The number of fused-ring (bicyclic) bond motifs is 1. The van der Waals surface area contributed by atoms with Gasteiger partial charge in [0.05, 0.1) is 11.1 Å². The van der Waals surface area contributed by atoms with Crippen molar-refractivity contribution < 1.29 is 14.0 Å². The highest BCUT2D eigenvalue weighted by Crippen LogP contribution is 2.27. The Hall–Kier alpha value is -2.95. The van der Waals surface area contributed by atoms with E-state index in [0.717, 1.165) is 19.3 Å². The summed E-state index contributed by atoms with van der Waals surface area (Å²) < 4.78 is 15.0. The van der Waals surface area contributed by atoms with Crippen molar-refractivity contribution in [3.8, 4) is 0 Å². The van der Waals surface area contributed by atoms with Crippen LogP contribution in [0, 0.1) is 11.7 Å². The van der Waals surface area contributed by atoms with Crippen LogP contribution in [0.3, 0.4) is 0 Å². The van der Waals surface area contributed by atoms with Gasteiger partial charge >= 0.3 is 0 Å². The number of likely N-dealkylation sites (tertiary alicyclic amines) is 1. The summed E-state index contributed by atoms with van der Waals surface area (Å²) >= 11 is 0. The zero-order valence-corrected chi connectivity index (χ0v) is 15.9. The van der Waals surface area contributed by atoms with Gasteiger partial charge in [-0.2, -0.15) is 0 Å². The third-order valence-electron chi connectivity index (χ3n) is 5.61. The fourth-order valence-electron chi connectivity index (χ4n) is 4.09. The van der Waals surface area contributed by atoms with Crippen molar-refractivity contribution in [1.82, 2.24) is 9.47 Å². The van der Waals surface area contributed by atoms with Crippen molar-refractivity contribution >= 4 is 22.7 Å². The molecule has 3 aromatic rings. The Morgan fingerprint density at radius 1 is 1.07 bits per heavy atom. The van der Waals surface area contributed by atoms with Gasteiger partial charge in [0, 0.05) is 31.6 Å². The maximum absolute atomic E-state index is 13.6. The third kappa shape index (κ3) is 3.57. The number of halogens is 1. The number of carbonyl (C=O) groups is 2. The van der Waals surface area contributed by atoms with Crippen LogP contribution in [0.15, 0.2) is 54.7 Å². The lowest BCUT2D eigenvalue weighted by atomic mass is 9.90. The van der Waals surface area contributed by atoms with Crippen molar-refractivity contribution in [2.75, 3.05) is 13.1 Å². The molecule has 0 atom stereocenters. The van der Waals surface area contributed by atoms with Crippen molar-refractivity contribution in [3.05, 3.63) is 71.7 Å². The van der Waals surface area contributed by atoms with Gasteiger partial charge in [-0.1, -0.05) is 30.3 Å². The van der Waals surface area contributed by atoms with Gasteiger partial charge < -0.3 is 4.90 Å². The minimum absolute atomic E-state index is 0.0882. The van der Waals surface area contributed by atoms with E-state index in [1.54, 1.807) is 12.3 Å². The third-order valence-corrected chi connectivity index (χ3v) is 5.61. The molecule has 0 bridgehead atoms. The molecule has 0 spiro atoms. The van der Waals surface area contributed by atoms with Gasteiger partial charge in [-0.25, -0.2) is 4.39 Å². The highest BCUT2D eigenvalue weighted by Gasteiger charge is 2.26. The second kappa shape index (κ2) is 7.58. The molecule has 2 aromatic carbocycles. The Kier molecular flexibility index (Phi) is 4.99. The molecule has 0 N–H and O–H groups in total. The highest BCUT2D eigenvalue weighted by molar-refractivity contribution is 6.09. The van der Waals surface area contributed by atoms with E-state index in [9.17, 15) is 14.0 Å². The SMILES string of the molecule is CC(=O)n1cc(C(=O)N2CCC(Cc3ccccc3)CC2)c2ccc(F)cc21. The van der Waals surface area contributed by atoms with E-state index < -0.39 is 5.82 Å². The van der Waals surface area contributed by atoms with Crippen LogP contribution in [-0.2, 0) is 6.42 Å². The summed E-state index contributed by atoms with van der Waals surface area (Å²) in [5.74, 6) is -0.182. The first kappa shape index (κ1) is 18.4. The molecule has 4 rings (SSSR count). The van der Waals surface area contributed by atoms with Crippen molar-refractivity contribution in [1.29, 1.82) is 0 Å². The molecule has 144 valence electrons. The predicted octanol–water partition coefficient (Wildman–Crippen LogP) is 4.54. The molecule has 1 saturated heterocycles. The average Bonchev–Trinajstić information content (AvgIpc) is 3.08. The van der Waals surface area contributed by atoms with Gasteiger partial charge in [-0.05, 0) is 48.9 Å². The maximum atomic E-state index is 13.6. The highest BCUT2D eigenvalue weighted by atomic mass is 19.1. The number of benzene rings is 2. The number of rotatable bonds is 3. The molecule has 5 heteroatoms. The Balaban J connectivity index is 1.51. The first-order valence-corrected chi connectivity index (χ1v) is 9.67. The predicted molar refractivity (Wildman–Crippen MR) is 107 cm³/mol. The maximum Gasteiger partial charge on any atom is 0.256 e. The first-order chi connectivity index (χ1) is 13.5. The fraction of sp³-hybridized carbons (Fsp3) is 0.304. The van der Waals surface area contributed by atoms with Gasteiger partial charge in [0.25, 0.3) is 5.91 Å². The summed E-state index contributed by atoms with van der Waals surface area (Å²) in [6, 6.07) is 14.6. The lowest BCUT2D eigenvalue weighted by molar-refractivity contribution is 0.0692. The van der Waals surface area contributed by atoms with E-state index in [2.05, 4.69) is 24.3 Å². The summed E-state index contributed by atoms with van der Waals surface area (Å²) in [7, 11) is 0. The normalized spacial score (nSPS) is 15.1.